The molecule has 6 aromatic rings. The predicted octanol–water partition coefficient (Wildman–Crippen LogP) is 8.82. The number of azide groups is 1. The van der Waals surface area contributed by atoms with Crippen LogP contribution in [0.4, 0.5) is 4.79 Å². The summed E-state index contributed by atoms with van der Waals surface area (Å²) in [6.45, 7) is 4.79. The number of alkyl carbamates (subject to hydrolysis) is 1. The van der Waals surface area contributed by atoms with E-state index in [9.17, 15) is 29.8 Å². The highest BCUT2D eigenvalue weighted by Gasteiger charge is 2.57. The Morgan fingerprint density at radius 1 is 0.476 bits per heavy atom. The summed E-state index contributed by atoms with van der Waals surface area (Å²) in [5, 5.41) is 18.9. The Balaban J connectivity index is 1.09. The number of carbonyl (C=O) groups is 4. The summed E-state index contributed by atoms with van der Waals surface area (Å²) in [5.41, 5.74) is 12.5. The van der Waals surface area contributed by atoms with Crippen molar-refractivity contribution >= 4 is 24.0 Å². The van der Waals surface area contributed by atoms with Crippen LogP contribution in [-0.2, 0) is 76.7 Å². The van der Waals surface area contributed by atoms with E-state index in [-0.39, 0.29) is 49.7 Å². The van der Waals surface area contributed by atoms with Gasteiger partial charge in [-0.05, 0) is 79.4 Å². The number of amides is 1. The molecular formula is C63H66N4O17. The van der Waals surface area contributed by atoms with Gasteiger partial charge in [-0.25, -0.2) is 19.2 Å². The molecule has 3 aliphatic heterocycles. The molecule has 0 aromatic heterocycles. The van der Waals surface area contributed by atoms with Gasteiger partial charge in [-0.1, -0.05) is 151 Å². The molecule has 0 bridgehead atoms. The number of esters is 3. The molecule has 9 rings (SSSR count). The molecule has 440 valence electrons. The zero-order chi connectivity index (χ0) is 58.8. The van der Waals surface area contributed by atoms with Gasteiger partial charge in [-0.15, -0.1) is 0 Å². The van der Waals surface area contributed by atoms with Crippen LogP contribution in [-0.4, -0.2) is 134 Å². The molecule has 21 heteroatoms. The molecule has 6 aromatic carbocycles. The average Bonchev–Trinajstić information content (AvgIpc) is 2.28. The molecule has 84 heavy (non-hydrogen) atoms. The highest BCUT2D eigenvalue weighted by Crippen LogP contribution is 2.38. The first-order valence-corrected chi connectivity index (χ1v) is 27.6. The van der Waals surface area contributed by atoms with Crippen LogP contribution >= 0.6 is 0 Å². The van der Waals surface area contributed by atoms with Gasteiger partial charge in [0.25, 0.3) is 0 Å². The van der Waals surface area contributed by atoms with Crippen molar-refractivity contribution < 1.29 is 81.1 Å². The fraction of sp³-hybridized carbons (Fsp3) is 0.365. The SMILES string of the molecule is C[C@@H]1O[C@@H](O[C@@H]2[C@@H](OCc3ccccc3)[C@H](C)O[C@@H](OCCNC(=O)OCc3ccccc3)[C@@H]2OC(=O)c2ccccc2)[C@H](OC(=O)c2ccccc2)[C@H](O[C@@H]2O[C@H](C)[C@@H](N=[N+]=[N-])[C@H](OC(=O)c3ccccc3)[C@H]2O)[C@H]1OCc1ccccc1. The molecule has 3 aliphatic rings. The first-order valence-electron chi connectivity index (χ1n) is 27.6. The molecule has 2 N–H and O–H groups in total. The van der Waals surface area contributed by atoms with E-state index in [0.717, 1.165) is 16.7 Å². The van der Waals surface area contributed by atoms with Crippen molar-refractivity contribution in [3.63, 3.8) is 0 Å². The summed E-state index contributed by atoms with van der Waals surface area (Å²) in [7, 11) is 0. The van der Waals surface area contributed by atoms with Crippen LogP contribution in [0.1, 0.15) is 68.5 Å². The topological polar surface area (TPSA) is 260 Å². The van der Waals surface area contributed by atoms with Crippen LogP contribution in [0.2, 0.25) is 0 Å². The lowest BCUT2D eigenvalue weighted by molar-refractivity contribution is -0.376. The van der Waals surface area contributed by atoms with Crippen molar-refractivity contribution in [1.29, 1.82) is 0 Å². The zero-order valence-electron chi connectivity index (χ0n) is 46.3. The molecule has 15 atom stereocenters. The number of hydrogen-bond acceptors (Lipinski definition) is 18. The lowest BCUT2D eigenvalue weighted by Crippen LogP contribution is -2.67. The van der Waals surface area contributed by atoms with E-state index < -0.39 is 116 Å². The Hall–Kier alpha value is -8.05. The molecule has 3 saturated heterocycles. The van der Waals surface area contributed by atoms with Gasteiger partial charge in [-0.2, -0.15) is 0 Å². The Labute approximate surface area is 485 Å². The summed E-state index contributed by atoms with van der Waals surface area (Å²) in [6, 6.07) is 50.9. The normalized spacial score (nSPS) is 27.5. The van der Waals surface area contributed by atoms with Gasteiger partial charge >= 0.3 is 24.0 Å². The first kappa shape index (κ1) is 60.5. The second kappa shape index (κ2) is 30.0. The number of carbonyl (C=O) groups excluding carboxylic acids is 4. The second-order valence-corrected chi connectivity index (χ2v) is 20.1. The molecular weight excluding hydrogens is 1080 g/mol. The van der Waals surface area contributed by atoms with Gasteiger partial charge in [-0.3, -0.25) is 0 Å². The third kappa shape index (κ3) is 16.0. The lowest BCUT2D eigenvalue weighted by atomic mass is 9.95. The van der Waals surface area contributed by atoms with E-state index in [1.807, 2.05) is 91.0 Å². The maximum absolute atomic E-state index is 14.6. The van der Waals surface area contributed by atoms with Gasteiger partial charge in [0.05, 0.1) is 54.8 Å². The van der Waals surface area contributed by atoms with Crippen molar-refractivity contribution in [2.45, 2.75) is 133 Å². The maximum Gasteiger partial charge on any atom is 0.407 e. The van der Waals surface area contributed by atoms with Gasteiger partial charge in [0.1, 0.15) is 49.3 Å². The molecule has 0 unspecified atom stereocenters. The fourth-order valence-electron chi connectivity index (χ4n) is 9.92. The van der Waals surface area contributed by atoms with Crippen molar-refractivity contribution in [3.05, 3.63) is 226 Å². The number of hydrogen-bond donors (Lipinski definition) is 2. The van der Waals surface area contributed by atoms with E-state index in [0.29, 0.717) is 0 Å². The predicted molar refractivity (Wildman–Crippen MR) is 299 cm³/mol. The quantitative estimate of drug-likeness (QED) is 0.0152. The largest absolute Gasteiger partial charge is 0.455 e. The number of benzene rings is 6. The minimum Gasteiger partial charge on any atom is -0.455 e. The number of nitrogens with zero attached hydrogens (tertiary/aromatic N) is 3. The van der Waals surface area contributed by atoms with Crippen LogP contribution in [0.5, 0.6) is 0 Å². The van der Waals surface area contributed by atoms with E-state index >= 15 is 0 Å². The number of nitrogens with one attached hydrogen (secondary N) is 1. The van der Waals surface area contributed by atoms with Crippen LogP contribution in [0.3, 0.4) is 0 Å². The van der Waals surface area contributed by atoms with Crippen LogP contribution in [0, 0.1) is 0 Å². The van der Waals surface area contributed by atoms with Gasteiger partial charge in [0, 0.05) is 11.5 Å². The van der Waals surface area contributed by atoms with E-state index in [2.05, 4.69) is 15.3 Å². The van der Waals surface area contributed by atoms with Crippen LogP contribution < -0.4 is 5.32 Å². The molecule has 0 spiro atoms. The first-order chi connectivity index (χ1) is 40.9. The van der Waals surface area contributed by atoms with Crippen LogP contribution in [0.25, 0.3) is 10.4 Å². The highest BCUT2D eigenvalue weighted by atomic mass is 16.8. The van der Waals surface area contributed by atoms with Crippen molar-refractivity contribution in [1.82, 2.24) is 5.32 Å². The molecule has 0 radical (unpaired) electrons. The maximum atomic E-state index is 14.6. The highest BCUT2D eigenvalue weighted by molar-refractivity contribution is 5.90. The summed E-state index contributed by atoms with van der Waals surface area (Å²) < 4.78 is 77.6. The van der Waals surface area contributed by atoms with E-state index in [4.69, 9.17) is 56.8 Å². The molecule has 3 fully saturated rings. The fourth-order valence-corrected chi connectivity index (χ4v) is 9.92. The summed E-state index contributed by atoms with van der Waals surface area (Å²) in [5.74, 6) is -2.46. The van der Waals surface area contributed by atoms with E-state index in [1.54, 1.807) is 99.6 Å². The molecule has 0 saturated carbocycles. The number of rotatable bonds is 23. The Morgan fingerprint density at radius 2 is 0.857 bits per heavy atom. The third-order valence-corrected chi connectivity index (χ3v) is 14.2. The summed E-state index contributed by atoms with van der Waals surface area (Å²) >= 11 is 0. The monoisotopic (exact) mass is 1150 g/mol. The Morgan fingerprint density at radius 3 is 1.31 bits per heavy atom. The van der Waals surface area contributed by atoms with Crippen LogP contribution in [0.15, 0.2) is 187 Å². The lowest BCUT2D eigenvalue weighted by Gasteiger charge is -2.50. The number of ether oxygens (including phenoxy) is 12. The molecule has 1 amide bonds. The van der Waals surface area contributed by atoms with E-state index in [1.165, 1.54) is 12.1 Å². The minimum atomic E-state index is -1.84. The third-order valence-electron chi connectivity index (χ3n) is 14.2. The smallest absolute Gasteiger partial charge is 0.407 e. The Kier molecular flexibility index (Phi) is 21.6. The summed E-state index contributed by atoms with van der Waals surface area (Å²) in [6.07, 6.45) is -20.0. The number of aliphatic hydroxyl groups is 1. The average molecular weight is 1150 g/mol. The minimum absolute atomic E-state index is 0.00624. The van der Waals surface area contributed by atoms with Crippen molar-refractivity contribution in [2.75, 3.05) is 13.2 Å². The second-order valence-electron chi connectivity index (χ2n) is 20.1. The van der Waals surface area contributed by atoms with Gasteiger partial charge in [0.2, 0.25) is 0 Å². The van der Waals surface area contributed by atoms with Gasteiger partial charge in [0.15, 0.2) is 31.1 Å². The Bertz CT molecular complexity index is 3080. The summed E-state index contributed by atoms with van der Waals surface area (Å²) in [4.78, 5) is 58.4. The van der Waals surface area contributed by atoms with Crippen molar-refractivity contribution in [3.8, 4) is 0 Å². The molecule has 3 heterocycles. The zero-order valence-corrected chi connectivity index (χ0v) is 46.3. The number of aliphatic hydroxyl groups excluding tert-OH is 1. The molecule has 0 aliphatic carbocycles. The standard InChI is InChI=1S/C63H66N4O17/c1-39-48(66-67-64)52(80-57(69)45-28-16-7-17-29-45)49(68)60(77-39)83-54-51(75-37-43-24-12-5-13-25-43)41(3)79-62(56(54)82-59(71)47-32-20-9-21-33-47)84-53-50(74-36-42-22-10-4-11-23-42)40(2)78-61(55(53)81-58(70)46-30-18-8-19-31-46)73-35-34-65-63(72)76-38-44-26-14-6-15-27-44/h4-33,39-41,48-56,60-62,68H,34-38H2,1-3H3,(H,65,72)/t39-,40+,41+,48-,49-,50+,51+,52+,53-,54-,55-,56-,60+,61-,62+/m1/s1. The molecule has 21 nitrogen and oxygen atoms in total. The van der Waals surface area contributed by atoms with Gasteiger partial charge < -0.3 is 67.3 Å². The van der Waals surface area contributed by atoms with Crippen molar-refractivity contribution in [2.24, 2.45) is 5.11 Å².